The van der Waals surface area contributed by atoms with E-state index in [-0.39, 0.29) is 5.41 Å². The van der Waals surface area contributed by atoms with Gasteiger partial charge >= 0.3 is 0 Å². The lowest BCUT2D eigenvalue weighted by atomic mass is 9.81. The van der Waals surface area contributed by atoms with Crippen molar-refractivity contribution < 1.29 is 8.42 Å². The summed E-state index contributed by atoms with van der Waals surface area (Å²) in [5, 5.41) is 3.82. The zero-order valence-electron chi connectivity index (χ0n) is 12.8. The van der Waals surface area contributed by atoms with Crippen LogP contribution in [0.4, 0.5) is 0 Å². The van der Waals surface area contributed by atoms with Crippen molar-refractivity contribution in [1.82, 2.24) is 5.32 Å². The van der Waals surface area contributed by atoms with Gasteiger partial charge in [0.25, 0.3) is 0 Å². The zero-order valence-corrected chi connectivity index (χ0v) is 14.4. The molecule has 0 bridgehead atoms. The third kappa shape index (κ3) is 4.47. The van der Waals surface area contributed by atoms with Gasteiger partial charge in [-0.3, -0.25) is 0 Å². The van der Waals surface area contributed by atoms with Crippen molar-refractivity contribution >= 4 is 21.4 Å². The highest BCUT2D eigenvalue weighted by Gasteiger charge is 2.22. The van der Waals surface area contributed by atoms with Crippen LogP contribution in [0.25, 0.3) is 0 Å². The van der Waals surface area contributed by atoms with Crippen molar-refractivity contribution in [2.24, 2.45) is 11.3 Å². The summed E-state index contributed by atoms with van der Waals surface area (Å²) in [4.78, 5) is 0.305. The molecule has 1 aromatic carbocycles. The molecule has 0 saturated heterocycles. The molecule has 0 aliphatic rings. The third-order valence-electron chi connectivity index (χ3n) is 3.92. The molecule has 5 heteroatoms. The van der Waals surface area contributed by atoms with Crippen LogP contribution < -0.4 is 5.32 Å². The van der Waals surface area contributed by atoms with E-state index in [1.54, 1.807) is 18.2 Å². The molecular formula is C15H24ClNO2S. The molecular weight excluding hydrogens is 294 g/mol. The molecule has 1 rings (SSSR count). The van der Waals surface area contributed by atoms with Crippen LogP contribution >= 0.6 is 11.6 Å². The van der Waals surface area contributed by atoms with Gasteiger partial charge in [0.15, 0.2) is 9.84 Å². The van der Waals surface area contributed by atoms with Gasteiger partial charge in [0.05, 0.1) is 4.90 Å². The van der Waals surface area contributed by atoms with E-state index in [2.05, 4.69) is 33.0 Å². The third-order valence-corrected chi connectivity index (χ3v) is 5.46. The highest BCUT2D eigenvalue weighted by molar-refractivity contribution is 7.90. The van der Waals surface area contributed by atoms with E-state index in [0.29, 0.717) is 27.9 Å². The Bertz CT molecular complexity index is 565. The number of hydrogen-bond acceptors (Lipinski definition) is 3. The first-order valence-electron chi connectivity index (χ1n) is 6.74. The number of nitrogens with one attached hydrogen (secondary N) is 1. The lowest BCUT2D eigenvalue weighted by Crippen LogP contribution is -2.33. The molecule has 0 fully saturated rings. The molecule has 0 saturated carbocycles. The molecule has 114 valence electrons. The fourth-order valence-electron chi connectivity index (χ4n) is 1.77. The Morgan fingerprint density at radius 3 is 2.40 bits per heavy atom. The standard InChI is InChI=1S/C15H24ClNO2S/c1-11(2)15(3,4)10-17-9-12-13(16)7-6-8-14(12)20(5,18)19/h6-8,11,17H,9-10H2,1-5H3. The topological polar surface area (TPSA) is 46.2 Å². The number of benzene rings is 1. The summed E-state index contributed by atoms with van der Waals surface area (Å²) in [5.74, 6) is 0.538. The fraction of sp³-hybridized carbons (Fsp3) is 0.600. The predicted molar refractivity (Wildman–Crippen MR) is 84.9 cm³/mol. The summed E-state index contributed by atoms with van der Waals surface area (Å²) < 4.78 is 23.6. The Balaban J connectivity index is 2.89. The number of halogens is 1. The Hall–Kier alpha value is -0.580. The molecule has 20 heavy (non-hydrogen) atoms. The van der Waals surface area contributed by atoms with Gasteiger partial charge in [0.2, 0.25) is 0 Å². The second kappa shape index (κ2) is 6.46. The van der Waals surface area contributed by atoms with Gasteiger partial charge in [-0.25, -0.2) is 8.42 Å². The van der Waals surface area contributed by atoms with Gasteiger partial charge in [0.1, 0.15) is 0 Å². The minimum atomic E-state index is -3.26. The molecule has 3 nitrogen and oxygen atoms in total. The van der Waals surface area contributed by atoms with Crippen molar-refractivity contribution in [2.45, 2.75) is 39.1 Å². The maximum Gasteiger partial charge on any atom is 0.175 e. The molecule has 0 aromatic heterocycles. The van der Waals surface area contributed by atoms with Gasteiger partial charge < -0.3 is 5.32 Å². The number of rotatable bonds is 6. The first kappa shape index (κ1) is 17.5. The first-order valence-corrected chi connectivity index (χ1v) is 9.01. The highest BCUT2D eigenvalue weighted by Crippen LogP contribution is 2.26. The summed E-state index contributed by atoms with van der Waals surface area (Å²) >= 11 is 6.14. The molecule has 0 aliphatic carbocycles. The molecule has 0 atom stereocenters. The van der Waals surface area contributed by atoms with Crippen LogP contribution in [-0.2, 0) is 16.4 Å². The van der Waals surface area contributed by atoms with E-state index in [4.69, 9.17) is 11.6 Å². The molecule has 1 N–H and O–H groups in total. The van der Waals surface area contributed by atoms with Gasteiger partial charge in [-0.05, 0) is 23.5 Å². The van der Waals surface area contributed by atoms with Crippen molar-refractivity contribution in [3.8, 4) is 0 Å². The van der Waals surface area contributed by atoms with E-state index < -0.39 is 9.84 Å². The Morgan fingerprint density at radius 2 is 1.90 bits per heavy atom. The van der Waals surface area contributed by atoms with E-state index in [0.717, 1.165) is 6.54 Å². The summed E-state index contributed by atoms with van der Waals surface area (Å²) in [5.41, 5.74) is 0.795. The largest absolute Gasteiger partial charge is 0.312 e. The molecule has 0 aliphatic heterocycles. The molecule has 0 heterocycles. The van der Waals surface area contributed by atoms with Crippen molar-refractivity contribution in [2.75, 3.05) is 12.8 Å². The maximum atomic E-state index is 11.8. The van der Waals surface area contributed by atoms with E-state index >= 15 is 0 Å². The lowest BCUT2D eigenvalue weighted by molar-refractivity contribution is 0.237. The van der Waals surface area contributed by atoms with Gasteiger partial charge in [0, 0.05) is 29.9 Å². The quantitative estimate of drug-likeness (QED) is 0.873. The summed E-state index contributed by atoms with van der Waals surface area (Å²) in [6, 6.07) is 4.99. The molecule has 0 spiro atoms. The fourth-order valence-corrected chi connectivity index (χ4v) is 3.02. The molecule has 1 aromatic rings. The first-order chi connectivity index (χ1) is 9.05. The number of hydrogen-bond donors (Lipinski definition) is 1. The Morgan fingerprint density at radius 1 is 1.30 bits per heavy atom. The van der Waals surface area contributed by atoms with E-state index in [1.165, 1.54) is 6.26 Å². The smallest absolute Gasteiger partial charge is 0.175 e. The minimum absolute atomic E-state index is 0.145. The average Bonchev–Trinajstić information content (AvgIpc) is 2.29. The maximum absolute atomic E-state index is 11.8. The van der Waals surface area contributed by atoms with Crippen LogP contribution in [0.15, 0.2) is 23.1 Å². The SMILES string of the molecule is CC(C)C(C)(C)CNCc1c(Cl)cccc1S(C)(=O)=O. The summed E-state index contributed by atoms with van der Waals surface area (Å²) in [7, 11) is -3.26. The van der Waals surface area contributed by atoms with Crippen LogP contribution in [0, 0.1) is 11.3 Å². The second-order valence-electron chi connectivity index (χ2n) is 6.24. The average molecular weight is 318 g/mol. The van der Waals surface area contributed by atoms with Gasteiger partial charge in [-0.1, -0.05) is 45.4 Å². The van der Waals surface area contributed by atoms with E-state index in [1.807, 2.05) is 0 Å². The molecule has 0 radical (unpaired) electrons. The highest BCUT2D eigenvalue weighted by atomic mass is 35.5. The van der Waals surface area contributed by atoms with Crippen LogP contribution in [0.5, 0.6) is 0 Å². The second-order valence-corrected chi connectivity index (χ2v) is 8.63. The molecule has 0 amide bonds. The minimum Gasteiger partial charge on any atom is -0.312 e. The molecule has 0 unspecified atom stereocenters. The normalized spacial score (nSPS) is 12.9. The van der Waals surface area contributed by atoms with Crippen LogP contribution in [0.2, 0.25) is 5.02 Å². The monoisotopic (exact) mass is 317 g/mol. The van der Waals surface area contributed by atoms with Crippen molar-refractivity contribution in [1.29, 1.82) is 0 Å². The Kier molecular flexibility index (Phi) is 5.64. The summed E-state index contributed by atoms with van der Waals surface area (Å²) in [6.07, 6.45) is 1.21. The Labute approximate surface area is 127 Å². The van der Waals surface area contributed by atoms with Crippen molar-refractivity contribution in [3.63, 3.8) is 0 Å². The van der Waals surface area contributed by atoms with Crippen LogP contribution in [-0.4, -0.2) is 21.2 Å². The lowest BCUT2D eigenvalue weighted by Gasteiger charge is -2.29. The van der Waals surface area contributed by atoms with Crippen molar-refractivity contribution in [3.05, 3.63) is 28.8 Å². The van der Waals surface area contributed by atoms with Gasteiger partial charge in [-0.2, -0.15) is 0 Å². The predicted octanol–water partition coefficient (Wildman–Crippen LogP) is 3.52. The van der Waals surface area contributed by atoms with Crippen LogP contribution in [0.1, 0.15) is 33.3 Å². The zero-order chi connectivity index (χ0) is 15.6. The van der Waals surface area contributed by atoms with E-state index in [9.17, 15) is 8.42 Å². The number of sulfone groups is 1. The van der Waals surface area contributed by atoms with Crippen LogP contribution in [0.3, 0.4) is 0 Å². The summed E-state index contributed by atoms with van der Waals surface area (Å²) in [6.45, 7) is 10.00. The van der Waals surface area contributed by atoms with Gasteiger partial charge in [-0.15, -0.1) is 0 Å².